The Hall–Kier alpha value is -1.46. The maximum Gasteiger partial charge on any atom is 0.261 e. The van der Waals surface area contributed by atoms with Gasteiger partial charge < -0.3 is 0 Å². The van der Waals surface area contributed by atoms with Gasteiger partial charge in [0.15, 0.2) is 0 Å². The molecule has 0 amide bonds. The van der Waals surface area contributed by atoms with E-state index < -0.39 is 20.7 Å². The van der Waals surface area contributed by atoms with Crippen LogP contribution in [0.5, 0.6) is 0 Å². The third kappa shape index (κ3) is 3.11. The van der Waals surface area contributed by atoms with Gasteiger partial charge in [0, 0.05) is 16.7 Å². The highest BCUT2D eigenvalue weighted by Crippen LogP contribution is 2.28. The third-order valence-electron chi connectivity index (χ3n) is 2.65. The smallest absolute Gasteiger partial charge is 0.207 e. The normalized spacial score (nSPS) is 11.6. The second-order valence-electron chi connectivity index (χ2n) is 4.08. The van der Waals surface area contributed by atoms with Gasteiger partial charge in [-0.15, -0.1) is 0 Å². The van der Waals surface area contributed by atoms with E-state index in [0.29, 0.717) is 11.1 Å². The molecule has 0 N–H and O–H groups in total. The van der Waals surface area contributed by atoms with E-state index in [1.807, 2.05) is 0 Å². The number of hydrogen-bond acceptors (Lipinski definition) is 2. The molecule has 0 heterocycles. The Labute approximate surface area is 114 Å². The van der Waals surface area contributed by atoms with Crippen molar-refractivity contribution in [1.29, 1.82) is 0 Å². The molecule has 0 spiro atoms. The molecule has 0 fully saturated rings. The van der Waals surface area contributed by atoms with Gasteiger partial charge in [-0.2, -0.15) is 0 Å². The molecule has 0 aromatic heterocycles. The molecule has 0 atom stereocenters. The maximum absolute atomic E-state index is 13.1. The summed E-state index contributed by atoms with van der Waals surface area (Å²) in [5.74, 6) is -1.46. The summed E-state index contributed by atoms with van der Waals surface area (Å²) >= 11 is 0. The predicted molar refractivity (Wildman–Crippen MR) is 69.6 cm³/mol. The largest absolute Gasteiger partial charge is 0.261 e. The quantitative estimate of drug-likeness (QED) is 0.789. The second kappa shape index (κ2) is 4.90. The Bertz CT molecular complexity index is 722. The Morgan fingerprint density at radius 2 is 1.53 bits per heavy atom. The number of rotatable bonds is 2. The van der Waals surface area contributed by atoms with Crippen molar-refractivity contribution in [3.8, 4) is 11.1 Å². The molecule has 100 valence electrons. The summed E-state index contributed by atoms with van der Waals surface area (Å²) < 4.78 is 49.1. The number of benzene rings is 2. The average molecular weight is 303 g/mol. The first-order valence-corrected chi connectivity index (χ1v) is 7.60. The van der Waals surface area contributed by atoms with Gasteiger partial charge in [-0.3, -0.25) is 0 Å². The van der Waals surface area contributed by atoms with E-state index in [1.165, 1.54) is 12.1 Å². The van der Waals surface area contributed by atoms with Crippen molar-refractivity contribution in [2.75, 3.05) is 0 Å². The summed E-state index contributed by atoms with van der Waals surface area (Å²) in [5, 5.41) is 0. The fourth-order valence-corrected chi connectivity index (χ4v) is 2.98. The minimum Gasteiger partial charge on any atom is -0.207 e. The third-order valence-corrected chi connectivity index (χ3v) is 4.11. The van der Waals surface area contributed by atoms with Gasteiger partial charge in [0.2, 0.25) is 0 Å². The van der Waals surface area contributed by atoms with Crippen LogP contribution in [-0.4, -0.2) is 8.42 Å². The minimum absolute atomic E-state index is 0.0728. The summed E-state index contributed by atoms with van der Waals surface area (Å²) in [4.78, 5) is -0.0728. The van der Waals surface area contributed by atoms with Crippen LogP contribution in [0.2, 0.25) is 0 Å². The second-order valence-corrected chi connectivity index (χ2v) is 6.61. The first-order chi connectivity index (χ1) is 8.77. The lowest BCUT2D eigenvalue weighted by Crippen LogP contribution is -1.95. The van der Waals surface area contributed by atoms with Gasteiger partial charge in [0.25, 0.3) is 9.05 Å². The minimum atomic E-state index is -3.90. The van der Waals surface area contributed by atoms with E-state index in [1.54, 1.807) is 13.0 Å². The average Bonchev–Trinajstić information content (AvgIpc) is 2.26. The van der Waals surface area contributed by atoms with Crippen LogP contribution in [0, 0.1) is 18.6 Å². The van der Waals surface area contributed by atoms with Gasteiger partial charge in [0.1, 0.15) is 11.6 Å². The van der Waals surface area contributed by atoms with Crippen LogP contribution in [0.15, 0.2) is 41.3 Å². The molecule has 2 aromatic carbocycles. The van der Waals surface area contributed by atoms with E-state index >= 15 is 0 Å². The van der Waals surface area contributed by atoms with Crippen molar-refractivity contribution in [2.24, 2.45) is 0 Å². The van der Waals surface area contributed by atoms with E-state index in [9.17, 15) is 17.2 Å². The van der Waals surface area contributed by atoms with Crippen LogP contribution in [0.3, 0.4) is 0 Å². The van der Waals surface area contributed by atoms with Crippen molar-refractivity contribution >= 4 is 19.7 Å². The van der Waals surface area contributed by atoms with Crippen LogP contribution < -0.4 is 0 Å². The number of hydrogen-bond donors (Lipinski definition) is 0. The zero-order chi connectivity index (χ0) is 14.2. The zero-order valence-corrected chi connectivity index (χ0v) is 11.4. The summed E-state index contributed by atoms with van der Waals surface area (Å²) in [6.07, 6.45) is 0. The highest BCUT2D eigenvalue weighted by atomic mass is 35.7. The Balaban J connectivity index is 2.64. The van der Waals surface area contributed by atoms with E-state index in [4.69, 9.17) is 10.7 Å². The van der Waals surface area contributed by atoms with Crippen LogP contribution in [0.4, 0.5) is 8.78 Å². The Morgan fingerprint density at radius 1 is 0.947 bits per heavy atom. The van der Waals surface area contributed by atoms with Crippen molar-refractivity contribution in [2.45, 2.75) is 11.8 Å². The van der Waals surface area contributed by atoms with Crippen molar-refractivity contribution in [1.82, 2.24) is 0 Å². The Kier molecular flexibility index (Phi) is 3.60. The fourth-order valence-electron chi connectivity index (χ4n) is 1.76. The van der Waals surface area contributed by atoms with Crippen LogP contribution in [0.25, 0.3) is 11.1 Å². The first-order valence-electron chi connectivity index (χ1n) is 5.29. The monoisotopic (exact) mass is 302 g/mol. The van der Waals surface area contributed by atoms with Crippen molar-refractivity contribution < 1.29 is 17.2 Å². The Morgan fingerprint density at radius 3 is 2.05 bits per heavy atom. The molecule has 2 nitrogen and oxygen atoms in total. The molecule has 0 unspecified atom stereocenters. The van der Waals surface area contributed by atoms with Gasteiger partial charge in [-0.25, -0.2) is 17.2 Å². The summed E-state index contributed by atoms with van der Waals surface area (Å²) in [6.45, 7) is 1.59. The van der Waals surface area contributed by atoms with Crippen LogP contribution >= 0.6 is 10.7 Å². The topological polar surface area (TPSA) is 34.1 Å². The first kappa shape index (κ1) is 14.0. The molecular formula is C13H9ClF2O2S. The van der Waals surface area contributed by atoms with Crippen molar-refractivity contribution in [3.63, 3.8) is 0 Å². The zero-order valence-electron chi connectivity index (χ0n) is 9.82. The molecule has 0 saturated carbocycles. The molecule has 2 aromatic rings. The highest BCUT2D eigenvalue weighted by Gasteiger charge is 2.15. The van der Waals surface area contributed by atoms with Crippen LogP contribution in [-0.2, 0) is 9.05 Å². The highest BCUT2D eigenvalue weighted by molar-refractivity contribution is 8.13. The van der Waals surface area contributed by atoms with Gasteiger partial charge in [-0.1, -0.05) is 12.1 Å². The lowest BCUT2D eigenvalue weighted by molar-refractivity contribution is 0.584. The molecule has 6 heteroatoms. The summed E-state index contributed by atoms with van der Waals surface area (Å²) in [7, 11) is 1.41. The lowest BCUT2D eigenvalue weighted by atomic mass is 10.0. The van der Waals surface area contributed by atoms with E-state index in [-0.39, 0.29) is 10.5 Å². The molecular weight excluding hydrogens is 294 g/mol. The molecule has 19 heavy (non-hydrogen) atoms. The molecule has 0 aliphatic rings. The molecule has 0 aliphatic carbocycles. The van der Waals surface area contributed by atoms with E-state index in [0.717, 1.165) is 18.2 Å². The summed E-state index contributed by atoms with van der Waals surface area (Å²) in [5.41, 5.74) is 1.10. The maximum atomic E-state index is 13.1. The van der Waals surface area contributed by atoms with E-state index in [2.05, 4.69) is 0 Å². The number of aryl methyl sites for hydroxylation is 1. The molecule has 2 rings (SSSR count). The lowest BCUT2D eigenvalue weighted by Gasteiger charge is -2.07. The fraction of sp³-hybridized carbons (Fsp3) is 0.0769. The summed E-state index contributed by atoms with van der Waals surface area (Å²) in [6, 6.07) is 7.40. The molecule has 0 aliphatic heterocycles. The number of halogens is 3. The van der Waals surface area contributed by atoms with Crippen molar-refractivity contribution in [3.05, 3.63) is 53.6 Å². The predicted octanol–water partition coefficient (Wildman–Crippen LogP) is 3.87. The molecule has 0 saturated heterocycles. The standard InChI is InChI=1S/C13H9ClF2O2S/c1-8-2-3-9(6-13(8)19(14,17)18)10-4-11(15)7-12(16)5-10/h2-7H,1H3. The SMILES string of the molecule is Cc1ccc(-c2cc(F)cc(F)c2)cc1S(=O)(=O)Cl. The molecule has 0 radical (unpaired) electrons. The van der Waals surface area contributed by atoms with Crippen LogP contribution in [0.1, 0.15) is 5.56 Å². The van der Waals surface area contributed by atoms with Gasteiger partial charge in [0.05, 0.1) is 4.90 Å². The van der Waals surface area contributed by atoms with Gasteiger partial charge >= 0.3 is 0 Å². The molecule has 0 bridgehead atoms. The van der Waals surface area contributed by atoms with Gasteiger partial charge in [-0.05, 0) is 41.8 Å².